The molecule has 164 valence electrons. The van der Waals surface area contributed by atoms with Gasteiger partial charge in [0.15, 0.2) is 5.96 Å². The lowest BCUT2D eigenvalue weighted by molar-refractivity contribution is 0.0512. The molecule has 1 aliphatic rings. The quantitative estimate of drug-likeness (QED) is 0.321. The predicted octanol–water partition coefficient (Wildman–Crippen LogP) is 4.43. The predicted molar refractivity (Wildman–Crippen MR) is 134 cm³/mol. The number of hydrogen-bond donors (Lipinski definition) is 2. The van der Waals surface area contributed by atoms with Crippen molar-refractivity contribution in [3.05, 3.63) is 65.2 Å². The molecule has 2 N–H and O–H groups in total. The van der Waals surface area contributed by atoms with Crippen molar-refractivity contribution in [2.24, 2.45) is 4.99 Å². The zero-order valence-corrected chi connectivity index (χ0v) is 20.6. The van der Waals surface area contributed by atoms with Crippen LogP contribution >= 0.6 is 24.0 Å². The second kappa shape index (κ2) is 12.2. The first-order valence-corrected chi connectivity index (χ1v) is 10.5. The summed E-state index contributed by atoms with van der Waals surface area (Å²) in [5.41, 5.74) is 3.93. The lowest BCUT2D eigenvalue weighted by Gasteiger charge is -2.39. The number of benzene rings is 2. The second-order valence-electron chi connectivity index (χ2n) is 7.53. The summed E-state index contributed by atoms with van der Waals surface area (Å²) in [6.45, 7) is 7.94. The molecule has 0 saturated carbocycles. The molecule has 1 aliphatic heterocycles. The summed E-state index contributed by atoms with van der Waals surface area (Å²) in [7, 11) is 1.81. The molecule has 5 nitrogen and oxygen atoms in total. The topological polar surface area (TPSA) is 54.9 Å². The number of nitrogens with one attached hydrogen (secondary N) is 2. The van der Waals surface area contributed by atoms with Crippen molar-refractivity contribution in [2.45, 2.75) is 38.6 Å². The van der Waals surface area contributed by atoms with E-state index in [4.69, 9.17) is 9.47 Å². The first kappa shape index (κ1) is 24.5. The Balaban J connectivity index is 0.00000320. The summed E-state index contributed by atoms with van der Waals surface area (Å²) in [4.78, 5) is 4.43. The fourth-order valence-corrected chi connectivity index (χ4v) is 4.07. The SMILES string of the molecule is CCOc1ccccc1CNC(=NC)NCC1(c2ccccc2C)CCOCC1.I. The van der Waals surface area contributed by atoms with Gasteiger partial charge in [0.2, 0.25) is 0 Å². The van der Waals surface area contributed by atoms with E-state index in [2.05, 4.69) is 52.9 Å². The standard InChI is InChI=1S/C24H33N3O2.HI/c1-4-29-22-12-8-6-10-20(22)17-26-23(25-3)27-18-24(13-15-28-16-14-24)21-11-7-5-9-19(21)2;/h5-12H,4,13-18H2,1-3H3,(H2,25,26,27);1H. The third-order valence-electron chi connectivity index (χ3n) is 5.70. The van der Waals surface area contributed by atoms with Crippen molar-refractivity contribution in [3.8, 4) is 5.75 Å². The van der Waals surface area contributed by atoms with Gasteiger partial charge in [-0.15, -0.1) is 24.0 Å². The summed E-state index contributed by atoms with van der Waals surface area (Å²) >= 11 is 0. The van der Waals surface area contributed by atoms with Crippen LogP contribution in [0.1, 0.15) is 36.5 Å². The van der Waals surface area contributed by atoms with E-state index in [1.54, 1.807) is 0 Å². The van der Waals surface area contributed by atoms with Gasteiger partial charge in [-0.05, 0) is 43.9 Å². The lowest BCUT2D eigenvalue weighted by Crippen LogP contribution is -2.48. The Hall–Kier alpha value is -1.80. The number of para-hydroxylation sites is 1. The van der Waals surface area contributed by atoms with Gasteiger partial charge in [0, 0.05) is 44.3 Å². The molecular formula is C24H34IN3O2. The molecule has 6 heteroatoms. The number of hydrogen-bond acceptors (Lipinski definition) is 3. The minimum atomic E-state index is 0. The van der Waals surface area contributed by atoms with Crippen LogP contribution in [0.2, 0.25) is 0 Å². The molecule has 0 bridgehead atoms. The molecule has 0 unspecified atom stereocenters. The molecule has 1 fully saturated rings. The van der Waals surface area contributed by atoms with Crippen molar-refractivity contribution in [2.75, 3.05) is 33.4 Å². The molecule has 0 aromatic heterocycles. The van der Waals surface area contributed by atoms with E-state index >= 15 is 0 Å². The van der Waals surface area contributed by atoms with Gasteiger partial charge in [-0.3, -0.25) is 4.99 Å². The van der Waals surface area contributed by atoms with Crippen molar-refractivity contribution in [1.29, 1.82) is 0 Å². The fraction of sp³-hybridized carbons (Fsp3) is 0.458. The second-order valence-corrected chi connectivity index (χ2v) is 7.53. The van der Waals surface area contributed by atoms with Crippen molar-refractivity contribution in [1.82, 2.24) is 10.6 Å². The molecule has 1 heterocycles. The van der Waals surface area contributed by atoms with Crippen LogP contribution in [0.25, 0.3) is 0 Å². The highest BCUT2D eigenvalue weighted by molar-refractivity contribution is 14.0. The van der Waals surface area contributed by atoms with Crippen molar-refractivity contribution < 1.29 is 9.47 Å². The van der Waals surface area contributed by atoms with Crippen LogP contribution in [0.4, 0.5) is 0 Å². The minimum Gasteiger partial charge on any atom is -0.494 e. The van der Waals surface area contributed by atoms with Gasteiger partial charge in [0.05, 0.1) is 6.61 Å². The van der Waals surface area contributed by atoms with Gasteiger partial charge in [-0.2, -0.15) is 0 Å². The van der Waals surface area contributed by atoms with Gasteiger partial charge in [-0.1, -0.05) is 42.5 Å². The van der Waals surface area contributed by atoms with E-state index in [1.807, 2.05) is 32.2 Å². The molecule has 0 atom stereocenters. The zero-order chi connectivity index (χ0) is 20.5. The first-order chi connectivity index (χ1) is 14.2. The highest BCUT2D eigenvalue weighted by atomic mass is 127. The molecule has 2 aromatic carbocycles. The van der Waals surface area contributed by atoms with Crippen LogP contribution in [0.5, 0.6) is 5.75 Å². The molecular weight excluding hydrogens is 489 g/mol. The van der Waals surface area contributed by atoms with Gasteiger partial charge >= 0.3 is 0 Å². The van der Waals surface area contributed by atoms with E-state index < -0.39 is 0 Å². The van der Waals surface area contributed by atoms with Gasteiger partial charge in [-0.25, -0.2) is 0 Å². The van der Waals surface area contributed by atoms with Crippen LogP contribution in [0, 0.1) is 6.92 Å². The summed E-state index contributed by atoms with van der Waals surface area (Å²) in [6.07, 6.45) is 2.02. The zero-order valence-electron chi connectivity index (χ0n) is 18.2. The largest absolute Gasteiger partial charge is 0.494 e. The average Bonchev–Trinajstić information content (AvgIpc) is 2.76. The highest BCUT2D eigenvalue weighted by Gasteiger charge is 2.35. The van der Waals surface area contributed by atoms with Crippen molar-refractivity contribution >= 4 is 29.9 Å². The molecule has 0 radical (unpaired) electrons. The average molecular weight is 523 g/mol. The van der Waals surface area contributed by atoms with Crippen LogP contribution in [0.3, 0.4) is 0 Å². The number of aliphatic imine (C=N–C) groups is 1. The van der Waals surface area contributed by atoms with E-state index in [0.717, 1.165) is 49.9 Å². The van der Waals surface area contributed by atoms with Crippen LogP contribution in [-0.2, 0) is 16.7 Å². The fourth-order valence-electron chi connectivity index (χ4n) is 4.07. The highest BCUT2D eigenvalue weighted by Crippen LogP contribution is 2.36. The number of nitrogens with zero attached hydrogens (tertiary/aromatic N) is 1. The summed E-state index contributed by atoms with van der Waals surface area (Å²) in [5.74, 6) is 1.72. The molecule has 1 saturated heterocycles. The molecule has 0 spiro atoms. The van der Waals surface area contributed by atoms with E-state index in [0.29, 0.717) is 13.2 Å². The van der Waals surface area contributed by atoms with E-state index in [-0.39, 0.29) is 29.4 Å². The number of halogens is 1. The maximum Gasteiger partial charge on any atom is 0.191 e. The Morgan fingerprint density at radius 1 is 1.07 bits per heavy atom. The maximum atomic E-state index is 5.73. The summed E-state index contributed by atoms with van der Waals surface area (Å²) < 4.78 is 11.4. The number of ether oxygens (including phenoxy) is 2. The smallest absolute Gasteiger partial charge is 0.191 e. The number of rotatable bonds is 7. The normalized spacial score (nSPS) is 15.8. The number of aryl methyl sites for hydroxylation is 1. The van der Waals surface area contributed by atoms with E-state index in [1.165, 1.54) is 11.1 Å². The van der Waals surface area contributed by atoms with Crippen molar-refractivity contribution in [3.63, 3.8) is 0 Å². The Morgan fingerprint density at radius 3 is 2.47 bits per heavy atom. The van der Waals surface area contributed by atoms with Crippen LogP contribution < -0.4 is 15.4 Å². The van der Waals surface area contributed by atoms with E-state index in [9.17, 15) is 0 Å². The molecule has 30 heavy (non-hydrogen) atoms. The minimum absolute atomic E-state index is 0. The Morgan fingerprint density at radius 2 is 1.77 bits per heavy atom. The molecule has 2 aromatic rings. The molecule has 3 rings (SSSR count). The van der Waals surface area contributed by atoms with Gasteiger partial charge < -0.3 is 20.1 Å². The monoisotopic (exact) mass is 523 g/mol. The van der Waals surface area contributed by atoms with Crippen LogP contribution in [0.15, 0.2) is 53.5 Å². The summed E-state index contributed by atoms with van der Waals surface area (Å²) in [6, 6.07) is 16.8. The number of guanidine groups is 1. The molecule has 0 aliphatic carbocycles. The summed E-state index contributed by atoms with van der Waals surface area (Å²) in [5, 5.41) is 7.00. The maximum absolute atomic E-state index is 5.73. The van der Waals surface area contributed by atoms with Crippen LogP contribution in [-0.4, -0.2) is 39.4 Å². The Kier molecular flexibility index (Phi) is 9.91. The van der Waals surface area contributed by atoms with Gasteiger partial charge in [0.25, 0.3) is 0 Å². The van der Waals surface area contributed by atoms with Gasteiger partial charge in [0.1, 0.15) is 5.75 Å². The Labute approximate surface area is 197 Å². The third-order valence-corrected chi connectivity index (χ3v) is 5.70. The lowest BCUT2D eigenvalue weighted by atomic mass is 9.72. The Bertz CT molecular complexity index is 820. The first-order valence-electron chi connectivity index (χ1n) is 10.5. The third kappa shape index (κ3) is 6.11. The molecule has 0 amide bonds.